The lowest BCUT2D eigenvalue weighted by molar-refractivity contribution is 0.349. The summed E-state index contributed by atoms with van der Waals surface area (Å²) < 4.78 is 15.2. The van der Waals surface area contributed by atoms with Gasteiger partial charge < -0.3 is 5.73 Å². The molecule has 1 fully saturated rings. The van der Waals surface area contributed by atoms with Gasteiger partial charge in [-0.3, -0.25) is 0 Å². The van der Waals surface area contributed by atoms with Gasteiger partial charge in [-0.15, -0.1) is 5.10 Å². The van der Waals surface area contributed by atoms with Gasteiger partial charge in [0, 0.05) is 11.3 Å². The molecule has 106 valence electrons. The van der Waals surface area contributed by atoms with Gasteiger partial charge in [-0.2, -0.15) is 0 Å². The third kappa shape index (κ3) is 2.26. The fraction of sp³-hybridized carbons (Fsp3) is 0.500. The Morgan fingerprint density at radius 3 is 2.90 bits per heavy atom. The second-order valence-electron chi connectivity index (χ2n) is 6.24. The lowest BCUT2D eigenvalue weighted by atomic mass is 9.92. The highest BCUT2D eigenvalue weighted by Crippen LogP contribution is 2.44. The average molecular weight is 275 g/mol. The van der Waals surface area contributed by atoms with E-state index in [1.807, 2.05) is 0 Å². The summed E-state index contributed by atoms with van der Waals surface area (Å²) >= 11 is 0. The monoisotopic (exact) mass is 275 g/mol. The molecule has 5 nitrogen and oxygen atoms in total. The maximum absolute atomic E-state index is 13.4. The van der Waals surface area contributed by atoms with Crippen molar-refractivity contribution in [1.29, 1.82) is 0 Å². The highest BCUT2D eigenvalue weighted by Gasteiger charge is 2.34. The van der Waals surface area contributed by atoms with E-state index in [1.54, 1.807) is 10.7 Å². The van der Waals surface area contributed by atoms with Crippen LogP contribution in [0.3, 0.4) is 0 Å². The van der Waals surface area contributed by atoms with Gasteiger partial charge in [-0.25, -0.2) is 9.07 Å². The van der Waals surface area contributed by atoms with Crippen LogP contribution in [0.25, 0.3) is 11.4 Å². The molecule has 1 aliphatic rings. The number of nitrogens with two attached hydrogens (primary N) is 1. The van der Waals surface area contributed by atoms with Crippen LogP contribution >= 0.6 is 0 Å². The molecule has 6 heteroatoms. The van der Waals surface area contributed by atoms with Crippen molar-refractivity contribution < 1.29 is 4.39 Å². The van der Waals surface area contributed by atoms with E-state index in [0.29, 0.717) is 22.5 Å². The molecule has 0 spiro atoms. The van der Waals surface area contributed by atoms with Gasteiger partial charge in [-0.1, -0.05) is 13.8 Å². The van der Waals surface area contributed by atoms with Gasteiger partial charge in [-0.05, 0) is 53.3 Å². The van der Waals surface area contributed by atoms with Crippen molar-refractivity contribution in [2.45, 2.75) is 39.2 Å². The van der Waals surface area contributed by atoms with Crippen LogP contribution in [-0.4, -0.2) is 20.2 Å². The number of benzene rings is 1. The third-order valence-corrected chi connectivity index (χ3v) is 4.04. The summed E-state index contributed by atoms with van der Waals surface area (Å²) in [5.74, 6) is 0.209. The van der Waals surface area contributed by atoms with Crippen molar-refractivity contribution in [3.8, 4) is 11.4 Å². The lowest BCUT2D eigenvalue weighted by Crippen LogP contribution is -2.12. The van der Waals surface area contributed by atoms with Crippen molar-refractivity contribution in [3.05, 3.63) is 24.0 Å². The van der Waals surface area contributed by atoms with Crippen LogP contribution in [0.1, 0.15) is 39.2 Å². The highest BCUT2D eigenvalue weighted by molar-refractivity contribution is 5.71. The van der Waals surface area contributed by atoms with Gasteiger partial charge in [0.1, 0.15) is 5.82 Å². The number of tetrazole rings is 1. The number of anilines is 1. The lowest BCUT2D eigenvalue weighted by Gasteiger charge is -2.17. The van der Waals surface area contributed by atoms with Crippen molar-refractivity contribution in [2.75, 3.05) is 5.73 Å². The fourth-order valence-electron chi connectivity index (χ4n) is 2.95. The molecule has 3 rings (SSSR count). The maximum atomic E-state index is 13.4. The summed E-state index contributed by atoms with van der Waals surface area (Å²) in [4.78, 5) is 0. The fourth-order valence-corrected chi connectivity index (χ4v) is 2.95. The molecule has 0 radical (unpaired) electrons. The van der Waals surface area contributed by atoms with Gasteiger partial charge in [0.25, 0.3) is 0 Å². The number of aromatic nitrogens is 4. The zero-order chi connectivity index (χ0) is 14.3. The van der Waals surface area contributed by atoms with Crippen molar-refractivity contribution in [3.63, 3.8) is 0 Å². The number of nitrogens with zero attached hydrogens (tertiary/aromatic N) is 4. The SMILES string of the molecule is CC1(C)CCC(n2nnnc2-c2cc(F)ccc2N)C1. The Morgan fingerprint density at radius 1 is 1.40 bits per heavy atom. The molecule has 2 aromatic rings. The van der Waals surface area contributed by atoms with Crippen LogP contribution in [0, 0.1) is 11.2 Å². The van der Waals surface area contributed by atoms with E-state index in [4.69, 9.17) is 5.73 Å². The van der Waals surface area contributed by atoms with E-state index in [1.165, 1.54) is 12.1 Å². The number of nitrogen functional groups attached to an aromatic ring is 1. The molecule has 0 saturated heterocycles. The molecule has 1 heterocycles. The molecule has 1 aliphatic carbocycles. The van der Waals surface area contributed by atoms with E-state index in [0.717, 1.165) is 19.3 Å². The Bertz CT molecular complexity index is 634. The van der Waals surface area contributed by atoms with Crippen molar-refractivity contribution >= 4 is 5.69 Å². The van der Waals surface area contributed by atoms with Crippen LogP contribution in [0.5, 0.6) is 0 Å². The van der Waals surface area contributed by atoms with E-state index in [-0.39, 0.29) is 11.9 Å². The molecular weight excluding hydrogens is 257 g/mol. The molecule has 0 bridgehead atoms. The van der Waals surface area contributed by atoms with E-state index >= 15 is 0 Å². The predicted molar refractivity (Wildman–Crippen MR) is 74.3 cm³/mol. The first-order valence-electron chi connectivity index (χ1n) is 6.79. The van der Waals surface area contributed by atoms with Gasteiger partial charge in [0.2, 0.25) is 0 Å². The Morgan fingerprint density at radius 2 is 2.20 bits per heavy atom. The summed E-state index contributed by atoms with van der Waals surface area (Å²) in [6, 6.07) is 4.52. The maximum Gasteiger partial charge on any atom is 0.184 e. The molecule has 1 saturated carbocycles. The van der Waals surface area contributed by atoms with Gasteiger partial charge in [0.15, 0.2) is 5.82 Å². The zero-order valence-electron chi connectivity index (χ0n) is 11.7. The predicted octanol–water partition coefficient (Wildman–Crippen LogP) is 2.81. The topological polar surface area (TPSA) is 69.6 Å². The van der Waals surface area contributed by atoms with Crippen LogP contribution in [0.15, 0.2) is 18.2 Å². The molecule has 20 heavy (non-hydrogen) atoms. The summed E-state index contributed by atoms with van der Waals surface area (Å²) in [7, 11) is 0. The largest absolute Gasteiger partial charge is 0.398 e. The molecular formula is C14H18FN5. The Kier molecular flexibility index (Phi) is 2.96. The molecule has 1 aromatic carbocycles. The molecule has 2 N–H and O–H groups in total. The van der Waals surface area contributed by atoms with Crippen LogP contribution in [0.2, 0.25) is 0 Å². The molecule has 1 aromatic heterocycles. The van der Waals surface area contributed by atoms with Crippen LogP contribution in [0.4, 0.5) is 10.1 Å². The average Bonchev–Trinajstić information content (AvgIpc) is 2.98. The van der Waals surface area contributed by atoms with E-state index < -0.39 is 0 Å². The number of hydrogen-bond acceptors (Lipinski definition) is 4. The van der Waals surface area contributed by atoms with Crippen molar-refractivity contribution in [2.24, 2.45) is 5.41 Å². The minimum Gasteiger partial charge on any atom is -0.398 e. The normalized spacial score (nSPS) is 21.2. The summed E-state index contributed by atoms with van der Waals surface area (Å²) in [6.45, 7) is 4.49. The molecule has 0 amide bonds. The van der Waals surface area contributed by atoms with Crippen LogP contribution in [-0.2, 0) is 0 Å². The second kappa shape index (κ2) is 4.54. The smallest absolute Gasteiger partial charge is 0.184 e. The Balaban J connectivity index is 2.01. The Hall–Kier alpha value is -1.98. The minimum absolute atomic E-state index is 0.248. The van der Waals surface area contributed by atoms with E-state index in [9.17, 15) is 4.39 Å². The summed E-state index contributed by atoms with van der Waals surface area (Å²) in [5, 5.41) is 11.9. The number of halogens is 1. The summed E-state index contributed by atoms with van der Waals surface area (Å²) in [6.07, 6.45) is 3.18. The first kappa shape index (κ1) is 13.0. The standard InChI is InChI=1S/C14H18FN5/c1-14(2)6-5-10(8-14)20-13(17-18-19-20)11-7-9(15)3-4-12(11)16/h3-4,7,10H,5-6,8,16H2,1-2H3. The Labute approximate surface area is 117 Å². The van der Waals surface area contributed by atoms with Gasteiger partial charge >= 0.3 is 0 Å². The molecule has 0 aliphatic heterocycles. The van der Waals surface area contributed by atoms with Crippen LogP contribution < -0.4 is 5.73 Å². The number of hydrogen-bond donors (Lipinski definition) is 1. The number of rotatable bonds is 2. The zero-order valence-corrected chi connectivity index (χ0v) is 11.7. The van der Waals surface area contributed by atoms with Gasteiger partial charge in [0.05, 0.1) is 6.04 Å². The molecule has 1 atom stereocenters. The molecule has 1 unspecified atom stereocenters. The quantitative estimate of drug-likeness (QED) is 0.856. The first-order valence-corrected chi connectivity index (χ1v) is 6.79. The van der Waals surface area contributed by atoms with E-state index in [2.05, 4.69) is 29.4 Å². The first-order chi connectivity index (χ1) is 9.46. The summed E-state index contributed by atoms with van der Waals surface area (Å²) in [5.41, 5.74) is 7.26. The third-order valence-electron chi connectivity index (χ3n) is 4.04. The highest BCUT2D eigenvalue weighted by atomic mass is 19.1. The second-order valence-corrected chi connectivity index (χ2v) is 6.24. The minimum atomic E-state index is -0.337. The van der Waals surface area contributed by atoms with Crippen molar-refractivity contribution in [1.82, 2.24) is 20.2 Å².